The van der Waals surface area contributed by atoms with Gasteiger partial charge in [0.25, 0.3) is 0 Å². The minimum Gasteiger partial charge on any atom is -0.478 e. The number of carbonyl (C=O) groups is 1. The molecule has 0 radical (unpaired) electrons. The van der Waals surface area contributed by atoms with Crippen LogP contribution < -0.4 is 4.74 Å². The third kappa shape index (κ3) is 3.01. The topological polar surface area (TPSA) is 46.5 Å². The molecular formula is C16H14O3. The highest BCUT2D eigenvalue weighted by atomic mass is 16.5. The molecule has 2 aromatic carbocycles. The Bertz CT molecular complexity index is 576. The maximum absolute atomic E-state index is 11.4. The lowest BCUT2D eigenvalue weighted by atomic mass is 10.0. The summed E-state index contributed by atoms with van der Waals surface area (Å²) in [7, 11) is 0. The highest BCUT2D eigenvalue weighted by molar-refractivity contribution is 5.77. The van der Waals surface area contributed by atoms with Gasteiger partial charge in [0.2, 0.25) is 6.10 Å². The molecule has 0 saturated carbocycles. The van der Waals surface area contributed by atoms with E-state index in [4.69, 9.17) is 4.74 Å². The van der Waals surface area contributed by atoms with E-state index < -0.39 is 12.1 Å². The number of rotatable bonds is 5. The largest absolute Gasteiger partial charge is 0.478 e. The SMILES string of the molecule is C=Cc1ccccc1C(Oc1ccccc1)C(=O)O. The van der Waals surface area contributed by atoms with E-state index in [0.717, 1.165) is 5.56 Å². The van der Waals surface area contributed by atoms with Crippen LogP contribution in [0.25, 0.3) is 6.08 Å². The van der Waals surface area contributed by atoms with E-state index in [2.05, 4.69) is 6.58 Å². The van der Waals surface area contributed by atoms with Gasteiger partial charge in [0.05, 0.1) is 0 Å². The van der Waals surface area contributed by atoms with Crippen molar-refractivity contribution in [3.63, 3.8) is 0 Å². The molecule has 3 heteroatoms. The molecule has 2 rings (SSSR count). The van der Waals surface area contributed by atoms with Crippen LogP contribution in [0.15, 0.2) is 61.2 Å². The van der Waals surface area contributed by atoms with Crippen LogP contribution in [0.1, 0.15) is 17.2 Å². The highest BCUT2D eigenvalue weighted by Gasteiger charge is 2.23. The first-order chi connectivity index (χ1) is 9.22. The maximum Gasteiger partial charge on any atom is 0.349 e. The van der Waals surface area contributed by atoms with E-state index in [-0.39, 0.29) is 0 Å². The van der Waals surface area contributed by atoms with Crippen molar-refractivity contribution in [2.45, 2.75) is 6.10 Å². The average molecular weight is 254 g/mol. The lowest BCUT2D eigenvalue weighted by Crippen LogP contribution is -2.19. The van der Waals surface area contributed by atoms with Gasteiger partial charge in [-0.3, -0.25) is 0 Å². The van der Waals surface area contributed by atoms with Crippen molar-refractivity contribution < 1.29 is 14.6 Å². The summed E-state index contributed by atoms with van der Waals surface area (Å²) >= 11 is 0. The molecule has 0 saturated heterocycles. The van der Waals surface area contributed by atoms with Crippen molar-refractivity contribution in [1.82, 2.24) is 0 Å². The predicted molar refractivity (Wildman–Crippen MR) is 74.0 cm³/mol. The van der Waals surface area contributed by atoms with Crippen molar-refractivity contribution in [3.05, 3.63) is 72.3 Å². The Morgan fingerprint density at radius 2 is 1.74 bits per heavy atom. The normalized spacial score (nSPS) is 11.6. The van der Waals surface area contributed by atoms with Gasteiger partial charge in [0, 0.05) is 5.56 Å². The summed E-state index contributed by atoms with van der Waals surface area (Å²) < 4.78 is 5.56. The third-order valence-corrected chi connectivity index (χ3v) is 2.72. The number of ether oxygens (including phenoxy) is 1. The fourth-order valence-electron chi connectivity index (χ4n) is 1.82. The molecular weight excluding hydrogens is 240 g/mol. The number of hydrogen-bond donors (Lipinski definition) is 1. The fraction of sp³-hybridized carbons (Fsp3) is 0.0625. The molecule has 0 spiro atoms. The zero-order valence-corrected chi connectivity index (χ0v) is 10.3. The lowest BCUT2D eigenvalue weighted by molar-refractivity contribution is -0.145. The van der Waals surface area contributed by atoms with Gasteiger partial charge < -0.3 is 9.84 Å². The lowest BCUT2D eigenvalue weighted by Gasteiger charge is -2.17. The number of para-hydroxylation sites is 1. The monoisotopic (exact) mass is 254 g/mol. The second-order valence-corrected chi connectivity index (χ2v) is 3.98. The van der Waals surface area contributed by atoms with Crippen molar-refractivity contribution in [1.29, 1.82) is 0 Å². The second kappa shape index (κ2) is 5.87. The van der Waals surface area contributed by atoms with E-state index >= 15 is 0 Å². The van der Waals surface area contributed by atoms with Gasteiger partial charge in [-0.2, -0.15) is 0 Å². The first kappa shape index (κ1) is 12.9. The predicted octanol–water partition coefficient (Wildman–Crippen LogP) is 3.53. The molecule has 0 amide bonds. The van der Waals surface area contributed by atoms with Crippen LogP contribution in [-0.2, 0) is 4.79 Å². The number of carboxylic acids is 1. The fourth-order valence-corrected chi connectivity index (χ4v) is 1.82. The van der Waals surface area contributed by atoms with Gasteiger partial charge in [-0.1, -0.05) is 55.1 Å². The van der Waals surface area contributed by atoms with Gasteiger partial charge in [0.1, 0.15) is 5.75 Å². The van der Waals surface area contributed by atoms with E-state index in [1.165, 1.54) is 0 Å². The quantitative estimate of drug-likeness (QED) is 0.887. The molecule has 1 unspecified atom stereocenters. The third-order valence-electron chi connectivity index (χ3n) is 2.72. The first-order valence-corrected chi connectivity index (χ1v) is 5.88. The molecule has 1 N–H and O–H groups in total. The van der Waals surface area contributed by atoms with Gasteiger partial charge in [-0.15, -0.1) is 0 Å². The minimum absolute atomic E-state index is 0.522. The zero-order valence-electron chi connectivity index (χ0n) is 10.3. The van der Waals surface area contributed by atoms with Crippen molar-refractivity contribution in [2.24, 2.45) is 0 Å². The van der Waals surface area contributed by atoms with Crippen LogP contribution >= 0.6 is 0 Å². The molecule has 0 bridgehead atoms. The smallest absolute Gasteiger partial charge is 0.349 e. The molecule has 96 valence electrons. The Morgan fingerprint density at radius 3 is 2.37 bits per heavy atom. The standard InChI is InChI=1S/C16H14O3/c1-2-12-8-6-7-11-14(12)15(16(17)18)19-13-9-4-3-5-10-13/h2-11,15H,1H2,(H,17,18). The number of benzene rings is 2. The molecule has 3 nitrogen and oxygen atoms in total. The van der Waals surface area contributed by atoms with Crippen molar-refractivity contribution in [2.75, 3.05) is 0 Å². The summed E-state index contributed by atoms with van der Waals surface area (Å²) in [4.78, 5) is 11.4. The Labute approximate surface area is 111 Å². The van der Waals surface area contributed by atoms with Crippen molar-refractivity contribution >= 4 is 12.0 Å². The second-order valence-electron chi connectivity index (χ2n) is 3.98. The summed E-state index contributed by atoms with van der Waals surface area (Å²) in [6, 6.07) is 16.1. The van der Waals surface area contributed by atoms with Crippen LogP contribution in [0, 0.1) is 0 Å². The molecule has 0 aliphatic rings. The van der Waals surface area contributed by atoms with E-state index in [1.807, 2.05) is 18.2 Å². The maximum atomic E-state index is 11.4. The Hall–Kier alpha value is -2.55. The van der Waals surface area contributed by atoms with Gasteiger partial charge in [0.15, 0.2) is 0 Å². The molecule has 0 heterocycles. The molecule has 1 atom stereocenters. The van der Waals surface area contributed by atoms with Crippen LogP contribution in [0.2, 0.25) is 0 Å². The van der Waals surface area contributed by atoms with Crippen LogP contribution in [0.5, 0.6) is 5.75 Å². The van der Waals surface area contributed by atoms with E-state index in [1.54, 1.807) is 42.5 Å². The first-order valence-electron chi connectivity index (χ1n) is 5.88. The Kier molecular flexibility index (Phi) is 3.98. The van der Waals surface area contributed by atoms with Crippen LogP contribution in [0.4, 0.5) is 0 Å². The summed E-state index contributed by atoms with van der Waals surface area (Å²) in [5, 5.41) is 9.35. The summed E-state index contributed by atoms with van der Waals surface area (Å²) in [6.45, 7) is 3.69. The summed E-state index contributed by atoms with van der Waals surface area (Å²) in [5.74, 6) is -0.507. The van der Waals surface area contributed by atoms with Crippen molar-refractivity contribution in [3.8, 4) is 5.75 Å². The Balaban J connectivity index is 2.35. The van der Waals surface area contributed by atoms with Gasteiger partial charge in [-0.25, -0.2) is 4.79 Å². The minimum atomic E-state index is -1.04. The van der Waals surface area contributed by atoms with Crippen LogP contribution in [0.3, 0.4) is 0 Å². The van der Waals surface area contributed by atoms with Gasteiger partial charge in [-0.05, 0) is 17.7 Å². The average Bonchev–Trinajstić information content (AvgIpc) is 2.45. The highest BCUT2D eigenvalue weighted by Crippen LogP contribution is 2.25. The molecule has 2 aromatic rings. The molecule has 0 fully saturated rings. The summed E-state index contributed by atoms with van der Waals surface area (Å²) in [6.07, 6.45) is 0.580. The molecule has 0 aromatic heterocycles. The molecule has 19 heavy (non-hydrogen) atoms. The molecule has 0 aliphatic heterocycles. The van der Waals surface area contributed by atoms with Crippen LogP contribution in [-0.4, -0.2) is 11.1 Å². The molecule has 0 aliphatic carbocycles. The number of aliphatic carboxylic acids is 1. The summed E-state index contributed by atoms with van der Waals surface area (Å²) in [5.41, 5.74) is 1.35. The zero-order chi connectivity index (χ0) is 13.7. The van der Waals surface area contributed by atoms with E-state index in [0.29, 0.717) is 11.3 Å². The number of carboxylic acid groups (broad SMARTS) is 1. The number of hydrogen-bond acceptors (Lipinski definition) is 2. The van der Waals surface area contributed by atoms with Gasteiger partial charge >= 0.3 is 5.97 Å². The van der Waals surface area contributed by atoms with E-state index in [9.17, 15) is 9.90 Å². The Morgan fingerprint density at radius 1 is 1.11 bits per heavy atom.